The first-order valence-corrected chi connectivity index (χ1v) is 4.92. The molecular formula is C10H19NO2. The normalized spacial score (nSPS) is 25.9. The number of rotatable bonds is 1. The van der Waals surface area contributed by atoms with Crippen molar-refractivity contribution in [3.05, 3.63) is 0 Å². The van der Waals surface area contributed by atoms with Crippen molar-refractivity contribution in [1.82, 2.24) is 4.90 Å². The fourth-order valence-corrected chi connectivity index (χ4v) is 1.99. The van der Waals surface area contributed by atoms with Gasteiger partial charge < -0.3 is 5.11 Å². The predicted octanol–water partition coefficient (Wildman–Crippen LogP) is 1.72. The molecule has 1 saturated heterocycles. The van der Waals surface area contributed by atoms with Crippen LogP contribution in [-0.2, 0) is 4.79 Å². The molecule has 1 heterocycles. The minimum atomic E-state index is -0.672. The van der Waals surface area contributed by atoms with Gasteiger partial charge in [-0.2, -0.15) is 0 Å². The third-order valence-electron chi connectivity index (χ3n) is 2.65. The minimum absolute atomic E-state index is 0.0243. The molecule has 3 nitrogen and oxygen atoms in total. The van der Waals surface area contributed by atoms with E-state index in [9.17, 15) is 4.79 Å². The van der Waals surface area contributed by atoms with E-state index in [0.29, 0.717) is 0 Å². The van der Waals surface area contributed by atoms with Crippen molar-refractivity contribution in [3.63, 3.8) is 0 Å². The average molecular weight is 185 g/mol. The lowest BCUT2D eigenvalue weighted by Gasteiger charge is -2.42. The van der Waals surface area contributed by atoms with Crippen molar-refractivity contribution in [3.8, 4) is 0 Å². The Balaban J connectivity index is 2.73. The molecule has 0 amide bonds. The van der Waals surface area contributed by atoms with Gasteiger partial charge >= 0.3 is 5.97 Å². The standard InChI is InChI=1S/C10H19NO2/c1-10(2,3)11-7-5-4-6-8(11)9(12)13/h8H,4-7H2,1-3H3,(H,12,13)/t8-/m0/s1. The number of hydrogen-bond donors (Lipinski definition) is 1. The maximum absolute atomic E-state index is 11.0. The predicted molar refractivity (Wildman–Crippen MR) is 51.7 cm³/mol. The topological polar surface area (TPSA) is 40.5 Å². The molecule has 0 radical (unpaired) electrons. The van der Waals surface area contributed by atoms with Gasteiger partial charge in [-0.05, 0) is 40.2 Å². The summed E-state index contributed by atoms with van der Waals surface area (Å²) in [5, 5.41) is 9.03. The van der Waals surface area contributed by atoms with Gasteiger partial charge in [0.25, 0.3) is 0 Å². The lowest BCUT2D eigenvalue weighted by molar-refractivity contribution is -0.147. The Morgan fingerprint density at radius 1 is 1.38 bits per heavy atom. The Hall–Kier alpha value is -0.570. The van der Waals surface area contributed by atoms with Crippen molar-refractivity contribution < 1.29 is 9.90 Å². The molecule has 3 heteroatoms. The van der Waals surface area contributed by atoms with Crippen LogP contribution in [0.15, 0.2) is 0 Å². The van der Waals surface area contributed by atoms with Gasteiger partial charge in [0.15, 0.2) is 0 Å². The highest BCUT2D eigenvalue weighted by Gasteiger charge is 2.34. The van der Waals surface area contributed by atoms with Crippen LogP contribution in [0.25, 0.3) is 0 Å². The number of piperidine rings is 1. The second kappa shape index (κ2) is 3.66. The second-order valence-corrected chi connectivity index (χ2v) is 4.71. The molecule has 0 unspecified atom stereocenters. The van der Waals surface area contributed by atoms with Gasteiger partial charge in [-0.3, -0.25) is 9.69 Å². The summed E-state index contributed by atoms with van der Waals surface area (Å²) in [5.41, 5.74) is -0.0243. The largest absolute Gasteiger partial charge is 0.480 e. The fraction of sp³-hybridized carbons (Fsp3) is 0.900. The highest BCUT2D eigenvalue weighted by molar-refractivity contribution is 5.73. The molecule has 1 fully saturated rings. The number of aliphatic carboxylic acids is 1. The third-order valence-corrected chi connectivity index (χ3v) is 2.65. The van der Waals surface area contributed by atoms with Gasteiger partial charge in [0.05, 0.1) is 0 Å². The van der Waals surface area contributed by atoms with Crippen LogP contribution in [0.4, 0.5) is 0 Å². The molecule has 0 aromatic carbocycles. The van der Waals surface area contributed by atoms with Gasteiger partial charge in [0.1, 0.15) is 6.04 Å². The molecule has 76 valence electrons. The van der Waals surface area contributed by atoms with E-state index in [-0.39, 0.29) is 11.6 Å². The maximum Gasteiger partial charge on any atom is 0.320 e. The lowest BCUT2D eigenvalue weighted by Crippen LogP contribution is -2.53. The molecule has 0 aromatic rings. The molecule has 1 aliphatic rings. The van der Waals surface area contributed by atoms with Crippen molar-refractivity contribution in [1.29, 1.82) is 0 Å². The number of nitrogens with zero attached hydrogens (tertiary/aromatic N) is 1. The molecule has 0 aliphatic carbocycles. The Morgan fingerprint density at radius 3 is 2.38 bits per heavy atom. The maximum atomic E-state index is 11.0. The summed E-state index contributed by atoms with van der Waals surface area (Å²) in [5.74, 6) is -0.672. The first kappa shape index (κ1) is 10.5. The zero-order valence-electron chi connectivity index (χ0n) is 8.71. The summed E-state index contributed by atoms with van der Waals surface area (Å²) in [6.45, 7) is 7.15. The monoisotopic (exact) mass is 185 g/mol. The SMILES string of the molecule is CC(C)(C)N1CCCC[C@H]1C(=O)O. The molecular weight excluding hydrogens is 166 g/mol. The number of carboxylic acid groups (broad SMARTS) is 1. The summed E-state index contributed by atoms with van der Waals surface area (Å²) < 4.78 is 0. The molecule has 0 aromatic heterocycles. The van der Waals surface area contributed by atoms with Crippen LogP contribution in [0, 0.1) is 0 Å². The van der Waals surface area contributed by atoms with E-state index in [1.165, 1.54) is 0 Å². The third kappa shape index (κ3) is 2.44. The van der Waals surface area contributed by atoms with Crippen LogP contribution in [0.5, 0.6) is 0 Å². The van der Waals surface area contributed by atoms with Crippen molar-refractivity contribution in [2.45, 2.75) is 51.6 Å². The van der Waals surface area contributed by atoms with Crippen LogP contribution in [0.3, 0.4) is 0 Å². The van der Waals surface area contributed by atoms with E-state index in [0.717, 1.165) is 25.8 Å². The lowest BCUT2D eigenvalue weighted by atomic mass is 9.95. The van der Waals surface area contributed by atoms with E-state index in [1.807, 2.05) is 0 Å². The zero-order valence-corrected chi connectivity index (χ0v) is 8.71. The molecule has 1 aliphatic heterocycles. The zero-order chi connectivity index (χ0) is 10.1. The van der Waals surface area contributed by atoms with Crippen LogP contribution < -0.4 is 0 Å². The molecule has 0 spiro atoms. The van der Waals surface area contributed by atoms with Crippen LogP contribution in [-0.4, -0.2) is 34.1 Å². The van der Waals surface area contributed by atoms with Crippen molar-refractivity contribution in [2.24, 2.45) is 0 Å². The van der Waals surface area contributed by atoms with Crippen molar-refractivity contribution in [2.75, 3.05) is 6.54 Å². The number of likely N-dealkylation sites (tertiary alicyclic amines) is 1. The summed E-state index contributed by atoms with van der Waals surface area (Å²) in [4.78, 5) is 13.1. The van der Waals surface area contributed by atoms with Gasteiger partial charge in [-0.1, -0.05) is 6.42 Å². The van der Waals surface area contributed by atoms with Gasteiger partial charge in [0.2, 0.25) is 0 Å². The highest BCUT2D eigenvalue weighted by atomic mass is 16.4. The fourth-order valence-electron chi connectivity index (χ4n) is 1.99. The molecule has 1 N–H and O–H groups in total. The Labute approximate surface area is 79.7 Å². The first-order valence-electron chi connectivity index (χ1n) is 4.92. The van der Waals surface area contributed by atoms with Gasteiger partial charge in [-0.15, -0.1) is 0 Å². The van der Waals surface area contributed by atoms with Gasteiger partial charge in [0, 0.05) is 5.54 Å². The second-order valence-electron chi connectivity index (χ2n) is 4.71. The van der Waals surface area contributed by atoms with E-state index < -0.39 is 5.97 Å². The smallest absolute Gasteiger partial charge is 0.320 e. The van der Waals surface area contributed by atoms with Crippen molar-refractivity contribution >= 4 is 5.97 Å². The van der Waals surface area contributed by atoms with E-state index in [1.54, 1.807) is 0 Å². The average Bonchev–Trinajstić information content (AvgIpc) is 2.03. The molecule has 0 bridgehead atoms. The molecule has 0 saturated carbocycles. The molecule has 1 rings (SSSR count). The Morgan fingerprint density at radius 2 is 2.00 bits per heavy atom. The number of carbonyl (C=O) groups is 1. The quantitative estimate of drug-likeness (QED) is 0.676. The summed E-state index contributed by atoms with van der Waals surface area (Å²) >= 11 is 0. The number of hydrogen-bond acceptors (Lipinski definition) is 2. The van der Waals surface area contributed by atoms with Crippen LogP contribution in [0.2, 0.25) is 0 Å². The Bertz CT molecular complexity index is 196. The Kier molecular flexibility index (Phi) is 2.96. The first-order chi connectivity index (χ1) is 5.93. The number of carboxylic acids is 1. The minimum Gasteiger partial charge on any atom is -0.480 e. The van der Waals surface area contributed by atoms with E-state index >= 15 is 0 Å². The molecule has 1 atom stereocenters. The van der Waals surface area contributed by atoms with Gasteiger partial charge in [-0.25, -0.2) is 0 Å². The summed E-state index contributed by atoms with van der Waals surface area (Å²) in [6.07, 6.45) is 2.97. The summed E-state index contributed by atoms with van der Waals surface area (Å²) in [6, 6.07) is -0.270. The highest BCUT2D eigenvalue weighted by Crippen LogP contribution is 2.25. The molecule has 13 heavy (non-hydrogen) atoms. The van der Waals surface area contributed by atoms with E-state index in [4.69, 9.17) is 5.11 Å². The van der Waals surface area contributed by atoms with Crippen LogP contribution in [0.1, 0.15) is 40.0 Å². The van der Waals surface area contributed by atoms with Crippen LogP contribution >= 0.6 is 0 Å². The summed E-state index contributed by atoms with van der Waals surface area (Å²) in [7, 11) is 0. The van der Waals surface area contributed by atoms with E-state index in [2.05, 4.69) is 25.7 Å².